The van der Waals surface area contributed by atoms with Crippen LogP contribution in [0.15, 0.2) is 73.2 Å². The van der Waals surface area contributed by atoms with Crippen molar-refractivity contribution in [2.45, 2.75) is 25.9 Å². The number of hydrogen-bond donors (Lipinski definition) is 0. The quantitative estimate of drug-likeness (QED) is 0.522. The molecule has 1 atom stereocenters. The van der Waals surface area contributed by atoms with Crippen LogP contribution in [0.3, 0.4) is 0 Å². The van der Waals surface area contributed by atoms with E-state index >= 15 is 0 Å². The Morgan fingerprint density at radius 3 is 2.47 bits per heavy atom. The van der Waals surface area contributed by atoms with Crippen LogP contribution in [0.25, 0.3) is 16.7 Å². The van der Waals surface area contributed by atoms with Crippen LogP contribution in [-0.2, 0) is 6.54 Å². The van der Waals surface area contributed by atoms with Gasteiger partial charge in [0.1, 0.15) is 12.1 Å². The van der Waals surface area contributed by atoms with E-state index in [0.29, 0.717) is 6.04 Å². The van der Waals surface area contributed by atoms with Gasteiger partial charge in [-0.05, 0) is 31.0 Å². The molecule has 6 heteroatoms. The number of fused-ring (bicyclic) bond motifs is 1. The third-order valence-electron chi connectivity index (χ3n) is 5.97. The number of nitrogens with zero attached hydrogens (tertiary/aromatic N) is 6. The molecule has 1 aliphatic heterocycles. The molecule has 3 heterocycles. The normalized spacial score (nSPS) is 17.9. The standard InChI is InChI=1S/C24H26N6/c1-19-12-13-28(14-15-29(19)17-20-8-4-2-5-9-20)23-22-16-27-30(24(22)26-18-25-23)21-10-6-3-7-11-21/h2-11,16,18-19H,12-15,17H2,1H3. The van der Waals surface area contributed by atoms with Gasteiger partial charge in [0.25, 0.3) is 0 Å². The summed E-state index contributed by atoms with van der Waals surface area (Å²) in [6, 6.07) is 21.4. The molecule has 1 fully saturated rings. The zero-order valence-electron chi connectivity index (χ0n) is 17.2. The predicted octanol–water partition coefficient (Wildman–Crippen LogP) is 3.92. The Kier molecular flexibility index (Phi) is 5.15. The highest BCUT2D eigenvalue weighted by atomic mass is 15.3. The lowest BCUT2D eigenvalue weighted by Gasteiger charge is -2.26. The summed E-state index contributed by atoms with van der Waals surface area (Å²) in [6.07, 6.45) is 4.66. The van der Waals surface area contributed by atoms with Gasteiger partial charge in [0.15, 0.2) is 5.65 Å². The van der Waals surface area contributed by atoms with E-state index in [1.165, 1.54) is 5.56 Å². The summed E-state index contributed by atoms with van der Waals surface area (Å²) in [4.78, 5) is 14.2. The van der Waals surface area contributed by atoms with Crippen molar-refractivity contribution in [1.29, 1.82) is 0 Å². The van der Waals surface area contributed by atoms with Crippen molar-refractivity contribution in [2.75, 3.05) is 24.5 Å². The van der Waals surface area contributed by atoms with Crippen LogP contribution >= 0.6 is 0 Å². The Bertz CT molecular complexity index is 1110. The first-order valence-electron chi connectivity index (χ1n) is 10.6. The van der Waals surface area contributed by atoms with E-state index in [0.717, 1.165) is 55.1 Å². The Morgan fingerprint density at radius 1 is 0.900 bits per heavy atom. The monoisotopic (exact) mass is 398 g/mol. The second-order valence-electron chi connectivity index (χ2n) is 7.91. The topological polar surface area (TPSA) is 50.1 Å². The van der Waals surface area contributed by atoms with Crippen LogP contribution in [0.1, 0.15) is 18.9 Å². The van der Waals surface area contributed by atoms with Gasteiger partial charge < -0.3 is 4.90 Å². The van der Waals surface area contributed by atoms with Crippen LogP contribution in [0.2, 0.25) is 0 Å². The first kappa shape index (κ1) is 18.8. The van der Waals surface area contributed by atoms with Crippen LogP contribution in [-0.4, -0.2) is 50.3 Å². The van der Waals surface area contributed by atoms with Crippen molar-refractivity contribution in [3.05, 3.63) is 78.8 Å². The van der Waals surface area contributed by atoms with Gasteiger partial charge in [-0.15, -0.1) is 0 Å². The smallest absolute Gasteiger partial charge is 0.168 e. The molecule has 2 aromatic heterocycles. The second-order valence-corrected chi connectivity index (χ2v) is 7.91. The number of aromatic nitrogens is 4. The van der Waals surface area contributed by atoms with Crippen molar-refractivity contribution in [2.24, 2.45) is 0 Å². The molecular formula is C24H26N6. The molecule has 1 aliphatic rings. The number of benzene rings is 2. The molecule has 0 amide bonds. The fourth-order valence-electron chi connectivity index (χ4n) is 4.21. The highest BCUT2D eigenvalue weighted by molar-refractivity contribution is 5.87. The molecule has 4 aromatic rings. The Morgan fingerprint density at radius 2 is 1.67 bits per heavy atom. The maximum Gasteiger partial charge on any atom is 0.168 e. The summed E-state index contributed by atoms with van der Waals surface area (Å²) >= 11 is 0. The average molecular weight is 399 g/mol. The summed E-state index contributed by atoms with van der Waals surface area (Å²) < 4.78 is 1.89. The van der Waals surface area contributed by atoms with Crippen LogP contribution in [0, 0.1) is 0 Å². The minimum atomic E-state index is 0.527. The molecule has 0 N–H and O–H groups in total. The summed E-state index contributed by atoms with van der Waals surface area (Å²) in [5, 5.41) is 5.61. The molecule has 0 saturated carbocycles. The van der Waals surface area contributed by atoms with Crippen molar-refractivity contribution in [3.8, 4) is 5.69 Å². The van der Waals surface area contributed by atoms with E-state index in [4.69, 9.17) is 0 Å². The summed E-state index contributed by atoms with van der Waals surface area (Å²) in [5.41, 5.74) is 3.23. The van der Waals surface area contributed by atoms with Crippen LogP contribution < -0.4 is 4.90 Å². The number of hydrogen-bond acceptors (Lipinski definition) is 5. The van der Waals surface area contributed by atoms with Gasteiger partial charge in [0, 0.05) is 32.2 Å². The van der Waals surface area contributed by atoms with Gasteiger partial charge in [-0.3, -0.25) is 4.90 Å². The zero-order valence-corrected chi connectivity index (χ0v) is 17.2. The summed E-state index contributed by atoms with van der Waals surface area (Å²) in [7, 11) is 0. The molecule has 2 aromatic carbocycles. The Balaban J connectivity index is 1.40. The highest BCUT2D eigenvalue weighted by Crippen LogP contribution is 2.26. The SMILES string of the molecule is CC1CCN(c2ncnc3c2cnn3-c2ccccc2)CCN1Cc1ccccc1. The molecule has 30 heavy (non-hydrogen) atoms. The number of rotatable bonds is 4. The van der Waals surface area contributed by atoms with Gasteiger partial charge in [0.2, 0.25) is 0 Å². The minimum absolute atomic E-state index is 0.527. The van der Waals surface area contributed by atoms with Crippen molar-refractivity contribution >= 4 is 16.9 Å². The lowest BCUT2D eigenvalue weighted by atomic mass is 10.1. The third-order valence-corrected chi connectivity index (χ3v) is 5.97. The van der Waals surface area contributed by atoms with Crippen LogP contribution in [0.5, 0.6) is 0 Å². The maximum atomic E-state index is 4.66. The number of anilines is 1. The molecule has 0 bridgehead atoms. The minimum Gasteiger partial charge on any atom is -0.355 e. The summed E-state index contributed by atoms with van der Waals surface area (Å²) in [5.74, 6) is 0.982. The fourth-order valence-corrected chi connectivity index (χ4v) is 4.21. The average Bonchev–Trinajstić information content (AvgIpc) is 3.15. The van der Waals surface area contributed by atoms with Crippen LogP contribution in [0.4, 0.5) is 5.82 Å². The number of para-hydroxylation sites is 1. The lowest BCUT2D eigenvalue weighted by molar-refractivity contribution is 0.212. The van der Waals surface area contributed by atoms with Crippen molar-refractivity contribution < 1.29 is 0 Å². The molecule has 1 saturated heterocycles. The van der Waals surface area contributed by atoms with Gasteiger partial charge in [-0.2, -0.15) is 5.10 Å². The molecule has 6 nitrogen and oxygen atoms in total. The molecule has 0 spiro atoms. The summed E-state index contributed by atoms with van der Waals surface area (Å²) in [6.45, 7) is 6.25. The highest BCUT2D eigenvalue weighted by Gasteiger charge is 2.23. The zero-order chi connectivity index (χ0) is 20.3. The van der Waals surface area contributed by atoms with E-state index in [1.807, 2.05) is 41.2 Å². The van der Waals surface area contributed by atoms with E-state index in [2.05, 4.69) is 62.1 Å². The Labute approximate surface area is 176 Å². The van der Waals surface area contributed by atoms with Crippen molar-refractivity contribution in [1.82, 2.24) is 24.6 Å². The fraction of sp³-hybridized carbons (Fsp3) is 0.292. The van der Waals surface area contributed by atoms with Gasteiger partial charge in [-0.25, -0.2) is 14.6 Å². The van der Waals surface area contributed by atoms with Gasteiger partial charge >= 0.3 is 0 Å². The molecule has 152 valence electrons. The largest absolute Gasteiger partial charge is 0.355 e. The van der Waals surface area contributed by atoms with Gasteiger partial charge in [0.05, 0.1) is 17.3 Å². The van der Waals surface area contributed by atoms with E-state index in [9.17, 15) is 0 Å². The second kappa shape index (κ2) is 8.24. The molecule has 0 radical (unpaired) electrons. The van der Waals surface area contributed by atoms with E-state index in [-0.39, 0.29) is 0 Å². The predicted molar refractivity (Wildman–Crippen MR) is 120 cm³/mol. The first-order valence-corrected chi connectivity index (χ1v) is 10.6. The Hall–Kier alpha value is -3.25. The van der Waals surface area contributed by atoms with E-state index in [1.54, 1.807) is 6.33 Å². The first-order chi connectivity index (χ1) is 14.8. The maximum absolute atomic E-state index is 4.66. The van der Waals surface area contributed by atoms with E-state index < -0.39 is 0 Å². The molecule has 5 rings (SSSR count). The molecule has 1 unspecified atom stereocenters. The lowest BCUT2D eigenvalue weighted by Crippen LogP contribution is -2.34. The molecule has 0 aliphatic carbocycles. The van der Waals surface area contributed by atoms with Gasteiger partial charge in [-0.1, -0.05) is 48.5 Å². The van der Waals surface area contributed by atoms with Crippen molar-refractivity contribution in [3.63, 3.8) is 0 Å². The molecular weight excluding hydrogens is 372 g/mol. The third kappa shape index (κ3) is 3.66.